The monoisotopic (exact) mass is 303 g/mol. The van der Waals surface area contributed by atoms with Gasteiger partial charge in [-0.2, -0.15) is 0 Å². The first-order valence-electron chi connectivity index (χ1n) is 8.32. The molecule has 2 atom stereocenters. The summed E-state index contributed by atoms with van der Waals surface area (Å²) in [6.45, 7) is 12.9. The van der Waals surface area contributed by atoms with Gasteiger partial charge in [0.1, 0.15) is 6.04 Å². The number of hydrogen-bond acceptors (Lipinski definition) is 2. The van der Waals surface area contributed by atoms with Crippen LogP contribution in [-0.4, -0.2) is 22.7 Å². The van der Waals surface area contributed by atoms with Crippen LogP contribution in [0.3, 0.4) is 0 Å². The van der Waals surface area contributed by atoms with Crippen molar-refractivity contribution < 1.29 is 9.90 Å². The highest BCUT2D eigenvalue weighted by Crippen LogP contribution is 2.45. The summed E-state index contributed by atoms with van der Waals surface area (Å²) in [5.74, 6) is -0.259. The number of aliphatic carboxylic acids is 1. The van der Waals surface area contributed by atoms with Gasteiger partial charge in [-0.15, -0.1) is 0 Å². The summed E-state index contributed by atoms with van der Waals surface area (Å²) in [4.78, 5) is 14.0. The Balaban J connectivity index is 2.63. The Labute approximate surface area is 134 Å². The van der Waals surface area contributed by atoms with Crippen LogP contribution < -0.4 is 4.90 Å². The van der Waals surface area contributed by atoms with Gasteiger partial charge >= 0.3 is 5.97 Å². The van der Waals surface area contributed by atoms with E-state index in [1.807, 2.05) is 0 Å². The van der Waals surface area contributed by atoms with Gasteiger partial charge in [-0.05, 0) is 69.2 Å². The first-order chi connectivity index (χ1) is 10.2. The van der Waals surface area contributed by atoms with Gasteiger partial charge in [0.05, 0.1) is 0 Å². The summed E-state index contributed by atoms with van der Waals surface area (Å²) >= 11 is 0. The van der Waals surface area contributed by atoms with Crippen molar-refractivity contribution in [1.82, 2.24) is 0 Å². The quantitative estimate of drug-likeness (QED) is 0.880. The Morgan fingerprint density at radius 1 is 1.36 bits per heavy atom. The molecule has 0 unspecified atom stereocenters. The topological polar surface area (TPSA) is 40.5 Å². The van der Waals surface area contributed by atoms with E-state index < -0.39 is 12.0 Å². The maximum absolute atomic E-state index is 11.9. The fourth-order valence-electron chi connectivity index (χ4n) is 3.94. The van der Waals surface area contributed by atoms with Crippen molar-refractivity contribution in [2.24, 2.45) is 0 Å². The molecule has 0 bridgehead atoms. The lowest BCUT2D eigenvalue weighted by atomic mass is 9.78. The number of anilines is 1. The van der Waals surface area contributed by atoms with Crippen LogP contribution in [-0.2, 0) is 4.79 Å². The third-order valence-corrected chi connectivity index (χ3v) is 5.05. The highest BCUT2D eigenvalue weighted by molar-refractivity contribution is 5.80. The molecule has 0 aromatic heterocycles. The van der Waals surface area contributed by atoms with Gasteiger partial charge in [0, 0.05) is 11.2 Å². The highest BCUT2D eigenvalue weighted by Gasteiger charge is 2.42. The summed E-state index contributed by atoms with van der Waals surface area (Å²) in [5, 5.41) is 9.76. The van der Waals surface area contributed by atoms with E-state index in [2.05, 4.69) is 58.6 Å². The predicted octanol–water partition coefficient (Wildman–Crippen LogP) is 4.65. The van der Waals surface area contributed by atoms with Crippen molar-refractivity contribution in [2.45, 2.75) is 78.3 Å². The fraction of sp³-hybridized carbons (Fsp3) is 0.632. The number of benzene rings is 1. The zero-order chi connectivity index (χ0) is 16.7. The van der Waals surface area contributed by atoms with E-state index in [4.69, 9.17) is 0 Å². The number of fused-ring (bicyclic) bond motifs is 1. The highest BCUT2D eigenvalue weighted by atomic mass is 16.4. The molecular weight excluding hydrogens is 274 g/mol. The Hall–Kier alpha value is -1.51. The first kappa shape index (κ1) is 16.9. The molecule has 1 aromatic carbocycles. The molecule has 0 saturated carbocycles. The normalized spacial score (nSPS) is 21.4. The van der Waals surface area contributed by atoms with Gasteiger partial charge in [-0.1, -0.05) is 26.3 Å². The number of carboxylic acids is 1. The number of nitrogens with zero attached hydrogens (tertiary/aromatic N) is 1. The minimum Gasteiger partial charge on any atom is -0.480 e. The number of hydrogen-bond donors (Lipinski definition) is 1. The second kappa shape index (κ2) is 5.94. The molecule has 1 aliphatic rings. The molecule has 0 aliphatic carbocycles. The lowest BCUT2D eigenvalue weighted by Gasteiger charge is -2.50. The van der Waals surface area contributed by atoms with Crippen molar-refractivity contribution >= 4 is 11.7 Å². The first-order valence-corrected chi connectivity index (χ1v) is 8.32. The maximum Gasteiger partial charge on any atom is 0.326 e. The van der Waals surface area contributed by atoms with Gasteiger partial charge in [-0.3, -0.25) is 0 Å². The van der Waals surface area contributed by atoms with E-state index in [1.165, 1.54) is 16.7 Å². The Morgan fingerprint density at radius 2 is 1.95 bits per heavy atom. The molecule has 1 N–H and O–H groups in total. The molecule has 0 amide bonds. The minimum absolute atomic E-state index is 0.146. The molecule has 1 heterocycles. The van der Waals surface area contributed by atoms with E-state index in [1.54, 1.807) is 0 Å². The number of rotatable bonds is 4. The van der Waals surface area contributed by atoms with Crippen LogP contribution in [0.15, 0.2) is 12.1 Å². The number of carboxylic acid groups (broad SMARTS) is 1. The Kier molecular flexibility index (Phi) is 4.55. The van der Waals surface area contributed by atoms with Gasteiger partial charge in [0.25, 0.3) is 0 Å². The summed E-state index contributed by atoms with van der Waals surface area (Å²) in [6, 6.07) is 3.99. The lowest BCUT2D eigenvalue weighted by molar-refractivity contribution is -0.139. The van der Waals surface area contributed by atoms with Crippen molar-refractivity contribution in [3.8, 4) is 0 Å². The summed E-state index contributed by atoms with van der Waals surface area (Å²) in [7, 11) is 0. The van der Waals surface area contributed by atoms with E-state index in [0.29, 0.717) is 12.3 Å². The van der Waals surface area contributed by atoms with Gasteiger partial charge < -0.3 is 10.0 Å². The molecule has 122 valence electrons. The second-order valence-corrected chi connectivity index (χ2v) is 7.43. The van der Waals surface area contributed by atoms with Crippen molar-refractivity contribution in [3.63, 3.8) is 0 Å². The maximum atomic E-state index is 11.9. The van der Waals surface area contributed by atoms with E-state index in [-0.39, 0.29) is 5.54 Å². The molecule has 0 spiro atoms. The molecule has 3 nitrogen and oxygen atoms in total. The van der Waals surface area contributed by atoms with Crippen LogP contribution in [0.4, 0.5) is 5.69 Å². The zero-order valence-electron chi connectivity index (χ0n) is 14.7. The van der Waals surface area contributed by atoms with Crippen molar-refractivity contribution in [2.75, 3.05) is 4.90 Å². The Morgan fingerprint density at radius 3 is 2.50 bits per heavy atom. The third-order valence-electron chi connectivity index (χ3n) is 5.05. The minimum atomic E-state index is -0.714. The molecule has 2 rings (SSSR count). The van der Waals surface area contributed by atoms with E-state index >= 15 is 0 Å². The van der Waals surface area contributed by atoms with Crippen molar-refractivity contribution in [1.29, 1.82) is 0 Å². The largest absolute Gasteiger partial charge is 0.480 e. The van der Waals surface area contributed by atoms with E-state index in [9.17, 15) is 9.90 Å². The Bertz CT molecular complexity index is 577. The van der Waals surface area contributed by atoms with Crippen LogP contribution in [0.5, 0.6) is 0 Å². The van der Waals surface area contributed by atoms with Gasteiger partial charge in [0.15, 0.2) is 0 Å². The summed E-state index contributed by atoms with van der Waals surface area (Å²) in [5.41, 5.74) is 4.78. The van der Waals surface area contributed by atoms with Crippen LogP contribution in [0.2, 0.25) is 0 Å². The zero-order valence-corrected chi connectivity index (χ0v) is 14.7. The summed E-state index contributed by atoms with van der Waals surface area (Å²) in [6.07, 6.45) is 2.54. The smallest absolute Gasteiger partial charge is 0.326 e. The molecule has 22 heavy (non-hydrogen) atoms. The van der Waals surface area contributed by atoms with Crippen LogP contribution >= 0.6 is 0 Å². The molecular formula is C19H29NO2. The molecule has 1 aliphatic heterocycles. The third kappa shape index (κ3) is 2.86. The average Bonchev–Trinajstić information content (AvgIpc) is 2.39. The second-order valence-electron chi connectivity index (χ2n) is 7.43. The molecule has 3 heteroatoms. The summed E-state index contributed by atoms with van der Waals surface area (Å²) < 4.78 is 0. The molecule has 0 saturated heterocycles. The molecule has 0 fully saturated rings. The van der Waals surface area contributed by atoms with Gasteiger partial charge in [0.2, 0.25) is 0 Å². The van der Waals surface area contributed by atoms with Crippen LogP contribution in [0, 0.1) is 13.8 Å². The standard InChI is InChI=1S/C19H29NO2/c1-7-8-16(18(21)22)20-17-10-13(3)12(2)9-15(17)14(4)11-19(20,5)6/h9-10,14,16H,7-8,11H2,1-6H3,(H,21,22)/t14-,16-/m0/s1. The SMILES string of the molecule is CCC[C@@H](C(=O)O)N1c2cc(C)c(C)cc2[C@@H](C)CC1(C)C. The molecule has 0 radical (unpaired) electrons. The molecule has 1 aromatic rings. The van der Waals surface area contributed by atoms with Crippen LogP contribution in [0.1, 0.15) is 69.6 Å². The van der Waals surface area contributed by atoms with E-state index in [0.717, 1.165) is 18.5 Å². The fourth-order valence-corrected chi connectivity index (χ4v) is 3.94. The van der Waals surface area contributed by atoms with Crippen LogP contribution in [0.25, 0.3) is 0 Å². The number of carbonyl (C=O) groups is 1. The average molecular weight is 303 g/mol. The predicted molar refractivity (Wildman–Crippen MR) is 91.8 cm³/mol. The lowest BCUT2D eigenvalue weighted by Crippen LogP contribution is -2.56. The van der Waals surface area contributed by atoms with Gasteiger partial charge in [-0.25, -0.2) is 4.79 Å². The van der Waals surface area contributed by atoms with Crippen molar-refractivity contribution in [3.05, 3.63) is 28.8 Å². The number of aryl methyl sites for hydroxylation is 2.